The van der Waals surface area contributed by atoms with E-state index < -0.39 is 0 Å². The van der Waals surface area contributed by atoms with Crippen LogP contribution in [0, 0.1) is 5.92 Å². The molecule has 0 unspecified atom stereocenters. The summed E-state index contributed by atoms with van der Waals surface area (Å²) >= 11 is 1.72. The molecule has 0 amide bonds. The third kappa shape index (κ3) is 5.93. The molecule has 0 bridgehead atoms. The predicted octanol–water partition coefficient (Wildman–Crippen LogP) is 5.20. The van der Waals surface area contributed by atoms with Gasteiger partial charge in [-0.25, -0.2) is 0 Å². The van der Waals surface area contributed by atoms with Crippen molar-refractivity contribution in [1.82, 2.24) is 0 Å². The number of allylic oxidation sites excluding steroid dienone is 2. The molecule has 0 aliphatic carbocycles. The quantitative estimate of drug-likeness (QED) is 0.349. The number of thioether (sulfide) groups is 1. The maximum atomic E-state index is 10.5. The molecule has 0 N–H and O–H groups in total. The second kappa shape index (κ2) is 8.76. The van der Waals surface area contributed by atoms with Crippen LogP contribution in [0.5, 0.6) is 0 Å². The Bertz CT molecular complexity index is 422. The van der Waals surface area contributed by atoms with Crippen LogP contribution in [0.1, 0.15) is 32.6 Å². The van der Waals surface area contributed by atoms with Gasteiger partial charge in [-0.1, -0.05) is 50.0 Å². The summed E-state index contributed by atoms with van der Waals surface area (Å²) in [6, 6.07) is 10.3. The highest BCUT2D eigenvalue weighted by molar-refractivity contribution is 8.03. The van der Waals surface area contributed by atoms with Crippen molar-refractivity contribution >= 4 is 18.0 Å². The second-order valence-electron chi connectivity index (χ2n) is 4.43. The summed E-state index contributed by atoms with van der Waals surface area (Å²) in [5, 5.41) is 0. The Hall–Kier alpha value is -1.28. The number of rotatable bonds is 9. The Balaban J connectivity index is 2.43. The molecule has 1 aromatic carbocycles. The van der Waals surface area contributed by atoms with Crippen molar-refractivity contribution in [3.8, 4) is 0 Å². The monoisotopic (exact) mass is 273 g/mol. The van der Waals surface area contributed by atoms with Gasteiger partial charge in [0.1, 0.15) is 6.29 Å². The van der Waals surface area contributed by atoms with Gasteiger partial charge in [-0.2, -0.15) is 0 Å². The zero-order valence-electron chi connectivity index (χ0n) is 11.5. The van der Waals surface area contributed by atoms with Crippen LogP contribution in [-0.2, 0) is 4.79 Å². The van der Waals surface area contributed by atoms with E-state index >= 15 is 0 Å². The van der Waals surface area contributed by atoms with Gasteiger partial charge < -0.3 is 0 Å². The first kappa shape index (κ1) is 15.8. The van der Waals surface area contributed by atoms with E-state index in [0.29, 0.717) is 5.57 Å². The molecule has 0 aliphatic rings. The standard InChI is InChI=1S/C17H21OS/c1-4-16(10-8-9-14(2)13-18)15(3)19-17-11-6-5-7-12-17/h5-7,11-13H,2-4,8-10H2,1H3. The molecule has 0 saturated carbocycles. The van der Waals surface area contributed by atoms with Gasteiger partial charge >= 0.3 is 0 Å². The van der Waals surface area contributed by atoms with Gasteiger partial charge in [0.25, 0.3) is 0 Å². The van der Waals surface area contributed by atoms with E-state index in [1.807, 2.05) is 18.2 Å². The molecule has 1 radical (unpaired) electrons. The predicted molar refractivity (Wildman–Crippen MR) is 84.0 cm³/mol. The molecule has 2 heteroatoms. The number of aldehydes is 1. The Kier molecular flexibility index (Phi) is 7.27. The molecule has 0 aliphatic heterocycles. The van der Waals surface area contributed by atoms with Crippen LogP contribution in [0.25, 0.3) is 0 Å². The zero-order valence-corrected chi connectivity index (χ0v) is 12.3. The van der Waals surface area contributed by atoms with Crippen molar-refractivity contribution in [2.24, 2.45) is 0 Å². The van der Waals surface area contributed by atoms with Gasteiger partial charge in [0, 0.05) is 10.8 Å². The minimum Gasteiger partial charge on any atom is -0.298 e. The van der Waals surface area contributed by atoms with Crippen LogP contribution in [-0.4, -0.2) is 6.29 Å². The van der Waals surface area contributed by atoms with Crippen molar-refractivity contribution in [2.75, 3.05) is 0 Å². The Morgan fingerprint density at radius 3 is 2.47 bits per heavy atom. The van der Waals surface area contributed by atoms with Crippen LogP contribution in [0.15, 0.2) is 58.9 Å². The summed E-state index contributed by atoms with van der Waals surface area (Å²) in [5.74, 6) is 1.37. The lowest BCUT2D eigenvalue weighted by atomic mass is 9.98. The lowest BCUT2D eigenvalue weighted by molar-refractivity contribution is -0.105. The van der Waals surface area contributed by atoms with E-state index in [9.17, 15) is 4.79 Å². The first-order chi connectivity index (χ1) is 9.17. The highest BCUT2D eigenvalue weighted by Crippen LogP contribution is 2.36. The van der Waals surface area contributed by atoms with E-state index in [-0.39, 0.29) is 0 Å². The average molecular weight is 273 g/mol. The number of hydrogen-bond donors (Lipinski definition) is 0. The van der Waals surface area contributed by atoms with Crippen LogP contribution in [0.4, 0.5) is 0 Å². The summed E-state index contributed by atoms with van der Waals surface area (Å²) in [7, 11) is 0. The van der Waals surface area contributed by atoms with Crippen LogP contribution in [0.3, 0.4) is 0 Å². The summed E-state index contributed by atoms with van der Waals surface area (Å²) in [5.41, 5.74) is 0.678. The largest absolute Gasteiger partial charge is 0.298 e. The molecular formula is C17H21OS. The van der Waals surface area contributed by atoms with Crippen LogP contribution in [0.2, 0.25) is 0 Å². The molecule has 0 aromatic heterocycles. The molecule has 0 spiro atoms. The number of carbonyl (C=O) groups excluding carboxylic acids is 1. The molecular weight excluding hydrogens is 252 g/mol. The zero-order chi connectivity index (χ0) is 14.1. The normalized spacial score (nSPS) is 10.4. The topological polar surface area (TPSA) is 17.1 Å². The Morgan fingerprint density at radius 1 is 1.21 bits per heavy atom. The van der Waals surface area contributed by atoms with Crippen molar-refractivity contribution in [3.63, 3.8) is 0 Å². The smallest absolute Gasteiger partial charge is 0.145 e. The summed E-state index contributed by atoms with van der Waals surface area (Å²) < 4.78 is 0. The minimum atomic E-state index is 0.678. The molecule has 19 heavy (non-hydrogen) atoms. The minimum absolute atomic E-state index is 0.678. The second-order valence-corrected chi connectivity index (χ2v) is 5.59. The van der Waals surface area contributed by atoms with Gasteiger partial charge in [-0.3, -0.25) is 4.79 Å². The molecule has 0 atom stereocenters. The van der Waals surface area contributed by atoms with E-state index in [4.69, 9.17) is 0 Å². The fourth-order valence-corrected chi connectivity index (χ4v) is 2.77. The van der Waals surface area contributed by atoms with Gasteiger partial charge in [0.2, 0.25) is 0 Å². The van der Waals surface area contributed by atoms with Crippen molar-refractivity contribution in [1.29, 1.82) is 0 Å². The maximum Gasteiger partial charge on any atom is 0.145 e. The Labute approximate surface area is 120 Å². The summed E-state index contributed by atoms with van der Waals surface area (Å²) in [6.45, 7) is 10.0. The molecule has 1 rings (SSSR count). The van der Waals surface area contributed by atoms with Crippen molar-refractivity contribution < 1.29 is 4.79 Å². The maximum absolute atomic E-state index is 10.5. The van der Waals surface area contributed by atoms with Crippen LogP contribution < -0.4 is 0 Å². The first-order valence-corrected chi connectivity index (χ1v) is 7.38. The molecule has 0 fully saturated rings. The average Bonchev–Trinajstić information content (AvgIpc) is 2.44. The van der Waals surface area contributed by atoms with E-state index in [0.717, 1.165) is 36.9 Å². The van der Waals surface area contributed by atoms with Gasteiger partial charge in [0.15, 0.2) is 0 Å². The molecule has 0 saturated heterocycles. The first-order valence-electron chi connectivity index (χ1n) is 6.57. The number of benzene rings is 1. The lowest BCUT2D eigenvalue weighted by Gasteiger charge is -2.16. The fourth-order valence-electron chi connectivity index (χ4n) is 1.80. The molecule has 101 valence electrons. The molecule has 1 aromatic rings. The van der Waals surface area contributed by atoms with Crippen molar-refractivity contribution in [2.45, 2.75) is 37.5 Å². The van der Waals surface area contributed by atoms with E-state index in [2.05, 4.69) is 32.2 Å². The summed E-state index contributed by atoms with van der Waals surface area (Å²) in [6.07, 6.45) is 4.58. The highest BCUT2D eigenvalue weighted by atomic mass is 32.2. The number of carbonyl (C=O) groups is 1. The van der Waals surface area contributed by atoms with Gasteiger partial charge in [-0.05, 0) is 48.3 Å². The highest BCUT2D eigenvalue weighted by Gasteiger charge is 2.12. The lowest BCUT2D eigenvalue weighted by Crippen LogP contribution is -1.98. The van der Waals surface area contributed by atoms with E-state index in [1.54, 1.807) is 11.8 Å². The van der Waals surface area contributed by atoms with E-state index in [1.165, 1.54) is 10.8 Å². The van der Waals surface area contributed by atoms with Crippen molar-refractivity contribution in [3.05, 3.63) is 59.9 Å². The molecule has 0 heterocycles. The SMILES string of the molecule is C=C(C=O)CCC[C](CC)C(=C)Sc1ccccc1. The number of hydrogen-bond acceptors (Lipinski definition) is 2. The fraction of sp³-hybridized carbons (Fsp3) is 0.294. The van der Waals surface area contributed by atoms with Gasteiger partial charge in [-0.15, -0.1) is 0 Å². The third-order valence-corrected chi connectivity index (χ3v) is 3.99. The molecule has 1 nitrogen and oxygen atoms in total. The third-order valence-electron chi connectivity index (χ3n) is 2.95. The van der Waals surface area contributed by atoms with Gasteiger partial charge in [0.05, 0.1) is 0 Å². The van der Waals surface area contributed by atoms with Crippen LogP contribution >= 0.6 is 11.8 Å². The Morgan fingerprint density at radius 2 is 1.89 bits per heavy atom. The summed E-state index contributed by atoms with van der Waals surface area (Å²) in [4.78, 5) is 12.8.